The number of benzene rings is 1. The van der Waals surface area contributed by atoms with Crippen LogP contribution in [0, 0.1) is 34.9 Å². The Balaban J connectivity index is 1.92. The van der Waals surface area contributed by atoms with Gasteiger partial charge in [-0.2, -0.15) is 38.0 Å². The molecule has 0 fully saturated rings. The van der Waals surface area contributed by atoms with Crippen LogP contribution in [0.1, 0.15) is 12.0 Å². The number of pyridine rings is 1. The molecule has 0 amide bonds. The molecule has 28 heavy (non-hydrogen) atoms. The van der Waals surface area contributed by atoms with E-state index in [1.54, 1.807) is 30.5 Å². The average Bonchev–Trinajstić information content (AvgIpc) is 3.11. The summed E-state index contributed by atoms with van der Waals surface area (Å²) in [7, 11) is 0. The number of nitrogens with one attached hydrogen (secondary N) is 1. The predicted octanol–water partition coefficient (Wildman–Crippen LogP) is 3.86. The van der Waals surface area contributed by atoms with Crippen molar-refractivity contribution in [3.63, 3.8) is 0 Å². The van der Waals surface area contributed by atoms with Crippen LogP contribution in [0.25, 0.3) is 11.3 Å². The number of aromatic nitrogens is 3. The molecule has 0 atom stereocenters. The Kier molecular flexibility index (Phi) is 5.64. The first kappa shape index (κ1) is 19.0. The van der Waals surface area contributed by atoms with Crippen molar-refractivity contribution in [2.45, 2.75) is 13.0 Å². The first-order chi connectivity index (χ1) is 13.5. The number of hydrogen-bond donors (Lipinski definition) is 1. The van der Waals surface area contributed by atoms with Gasteiger partial charge in [0.05, 0.1) is 25.2 Å². The molecule has 2 aromatic heterocycles. The topological polar surface area (TPSA) is 78.9 Å². The number of nitriles is 1. The number of aryl methyl sites for hydroxylation is 1. The van der Waals surface area contributed by atoms with E-state index in [1.807, 2.05) is 17.6 Å². The van der Waals surface area contributed by atoms with Crippen LogP contribution < -0.4 is 5.43 Å². The van der Waals surface area contributed by atoms with Gasteiger partial charge in [-0.15, -0.1) is 0 Å². The number of rotatable bonds is 6. The quantitative estimate of drug-likeness (QED) is 0.301. The van der Waals surface area contributed by atoms with Gasteiger partial charge in [-0.1, -0.05) is 30.3 Å². The maximum atomic E-state index is 13.6. The van der Waals surface area contributed by atoms with Crippen LogP contribution in [0.15, 0.2) is 41.6 Å². The minimum absolute atomic E-state index is 0.233. The molecule has 1 aromatic carbocycles. The van der Waals surface area contributed by atoms with Gasteiger partial charge in [0.2, 0.25) is 11.6 Å². The minimum atomic E-state index is -1.79. The van der Waals surface area contributed by atoms with E-state index in [2.05, 4.69) is 15.2 Å². The van der Waals surface area contributed by atoms with E-state index in [4.69, 9.17) is 5.26 Å². The lowest BCUT2D eigenvalue weighted by molar-refractivity contribution is 0.411. The van der Waals surface area contributed by atoms with Crippen LogP contribution in [0.2, 0.25) is 0 Å². The molecule has 142 valence electrons. The average molecular weight is 388 g/mol. The van der Waals surface area contributed by atoms with Crippen molar-refractivity contribution in [2.75, 3.05) is 5.43 Å². The highest BCUT2D eigenvalue weighted by Crippen LogP contribution is 2.23. The van der Waals surface area contributed by atoms with E-state index in [9.17, 15) is 17.6 Å². The molecule has 3 aromatic rings. The second-order valence-corrected chi connectivity index (χ2v) is 5.54. The Morgan fingerprint density at radius 3 is 2.43 bits per heavy atom. The predicted molar refractivity (Wildman–Crippen MR) is 93.2 cm³/mol. The molecule has 10 heteroatoms. The molecule has 0 bridgehead atoms. The Bertz CT molecular complexity index is 1030. The molecular weight excluding hydrogens is 376 g/mol. The van der Waals surface area contributed by atoms with Gasteiger partial charge in [0, 0.05) is 17.3 Å². The maximum absolute atomic E-state index is 13.6. The summed E-state index contributed by atoms with van der Waals surface area (Å²) in [5.41, 5.74) is 2.58. The third-order valence-corrected chi connectivity index (χ3v) is 3.67. The Labute approximate surface area is 156 Å². The Morgan fingerprint density at radius 1 is 1.11 bits per heavy atom. The molecule has 0 unspecified atom stereocenters. The lowest BCUT2D eigenvalue weighted by Gasteiger charge is -2.04. The van der Waals surface area contributed by atoms with Gasteiger partial charge in [-0.05, 0) is 0 Å². The summed E-state index contributed by atoms with van der Waals surface area (Å²) in [6.07, 6.45) is 3.02. The fourth-order valence-electron chi connectivity index (χ4n) is 2.38. The van der Waals surface area contributed by atoms with Crippen LogP contribution in [0.4, 0.5) is 23.2 Å². The molecule has 1 N–H and O–H groups in total. The summed E-state index contributed by atoms with van der Waals surface area (Å²) >= 11 is 0. The van der Waals surface area contributed by atoms with Gasteiger partial charge in [-0.3, -0.25) is 10.1 Å². The monoisotopic (exact) mass is 388 g/mol. The van der Waals surface area contributed by atoms with Crippen molar-refractivity contribution in [3.05, 3.63) is 65.6 Å². The summed E-state index contributed by atoms with van der Waals surface area (Å²) in [6, 6.07) is 11.0. The highest BCUT2D eigenvalue weighted by Gasteiger charge is 2.20. The van der Waals surface area contributed by atoms with Crippen molar-refractivity contribution in [3.8, 4) is 17.3 Å². The number of nitrogens with zero attached hydrogens (tertiary/aromatic N) is 5. The van der Waals surface area contributed by atoms with Crippen molar-refractivity contribution in [1.29, 1.82) is 5.26 Å². The van der Waals surface area contributed by atoms with Gasteiger partial charge in [-0.25, -0.2) is 0 Å². The number of anilines is 1. The molecule has 0 saturated carbocycles. The van der Waals surface area contributed by atoms with Crippen molar-refractivity contribution in [1.82, 2.24) is 14.8 Å². The van der Waals surface area contributed by atoms with Crippen LogP contribution in [-0.2, 0) is 6.54 Å². The highest BCUT2D eigenvalue weighted by molar-refractivity contribution is 5.88. The van der Waals surface area contributed by atoms with Gasteiger partial charge in [0.1, 0.15) is 11.4 Å². The molecule has 0 spiro atoms. The van der Waals surface area contributed by atoms with Gasteiger partial charge >= 0.3 is 0 Å². The van der Waals surface area contributed by atoms with E-state index in [0.29, 0.717) is 17.8 Å². The van der Waals surface area contributed by atoms with Gasteiger partial charge in [0.25, 0.3) is 11.9 Å². The zero-order valence-corrected chi connectivity index (χ0v) is 14.2. The van der Waals surface area contributed by atoms with Crippen LogP contribution in [0.3, 0.4) is 0 Å². The summed E-state index contributed by atoms with van der Waals surface area (Å²) in [5.74, 6) is -6.95. The number of hydrogen-bond acceptors (Lipinski definition) is 5. The molecular formula is C18H12F4N6. The third-order valence-electron chi connectivity index (χ3n) is 3.67. The molecule has 3 rings (SSSR count). The Morgan fingerprint density at radius 2 is 1.79 bits per heavy atom. The van der Waals surface area contributed by atoms with Crippen LogP contribution in [0.5, 0.6) is 0 Å². The fraction of sp³-hybridized carbons (Fsp3) is 0.111. The van der Waals surface area contributed by atoms with Crippen molar-refractivity contribution in [2.24, 2.45) is 5.10 Å². The Hall–Kier alpha value is -3.74. The standard InChI is InChI=1S/C18H12F4N6/c19-13-16(14(20)18(22)25-17(13)21)26-24-9-12-10-28(8-4-7-23)27-15(12)11-5-2-1-3-6-11/h1-3,5-6,9-10H,4,8H2,(H,25,26)/b24-9-. The largest absolute Gasteiger partial charge is 0.272 e. The summed E-state index contributed by atoms with van der Waals surface area (Å²) in [4.78, 5) is 2.47. The van der Waals surface area contributed by atoms with E-state index >= 15 is 0 Å². The second kappa shape index (κ2) is 8.30. The lowest BCUT2D eigenvalue weighted by atomic mass is 10.1. The molecule has 0 aliphatic heterocycles. The SMILES string of the molecule is N#CCCn1cc(/C=N\Nc2c(F)c(F)nc(F)c2F)c(-c2ccccc2)n1. The first-order valence-electron chi connectivity index (χ1n) is 8.00. The van der Waals surface area contributed by atoms with E-state index < -0.39 is 29.2 Å². The highest BCUT2D eigenvalue weighted by atomic mass is 19.2. The second-order valence-electron chi connectivity index (χ2n) is 5.54. The molecule has 6 nitrogen and oxygen atoms in total. The van der Waals surface area contributed by atoms with E-state index in [0.717, 1.165) is 5.56 Å². The van der Waals surface area contributed by atoms with E-state index in [-0.39, 0.29) is 6.42 Å². The first-order valence-corrected chi connectivity index (χ1v) is 8.00. The number of halogens is 4. The summed E-state index contributed by atoms with van der Waals surface area (Å²) < 4.78 is 55.1. The van der Waals surface area contributed by atoms with Crippen molar-refractivity contribution < 1.29 is 17.6 Å². The molecule has 0 aliphatic carbocycles. The van der Waals surface area contributed by atoms with Gasteiger partial charge in [0.15, 0.2) is 0 Å². The van der Waals surface area contributed by atoms with Crippen LogP contribution in [-0.4, -0.2) is 21.0 Å². The molecule has 0 saturated heterocycles. The third kappa shape index (κ3) is 3.98. The summed E-state index contributed by atoms with van der Waals surface area (Å²) in [6.45, 7) is 0.335. The van der Waals surface area contributed by atoms with Gasteiger partial charge < -0.3 is 0 Å². The van der Waals surface area contributed by atoms with Crippen LogP contribution >= 0.6 is 0 Å². The smallest absolute Gasteiger partial charge is 0.254 e. The normalized spacial score (nSPS) is 11.0. The molecule has 0 aliphatic rings. The lowest BCUT2D eigenvalue weighted by Crippen LogP contribution is -2.05. The zero-order valence-electron chi connectivity index (χ0n) is 14.2. The molecule has 2 heterocycles. The summed E-state index contributed by atoms with van der Waals surface area (Å²) in [5, 5.41) is 16.8. The van der Waals surface area contributed by atoms with Crippen molar-refractivity contribution >= 4 is 11.9 Å². The fourth-order valence-corrected chi connectivity index (χ4v) is 2.38. The maximum Gasteiger partial charge on any atom is 0.254 e. The number of hydrazone groups is 1. The zero-order chi connectivity index (χ0) is 20.1. The minimum Gasteiger partial charge on any atom is -0.272 e. The van der Waals surface area contributed by atoms with E-state index in [1.165, 1.54) is 10.9 Å². The molecule has 0 radical (unpaired) electrons.